The number of nitrogens with zero attached hydrogens (tertiary/aromatic N) is 1. The maximum absolute atomic E-state index is 13.7. The van der Waals surface area contributed by atoms with Crippen LogP contribution in [0.3, 0.4) is 0 Å². The molecule has 0 saturated heterocycles. The fourth-order valence-electron chi connectivity index (χ4n) is 3.98. The molecule has 10 heteroatoms. The normalized spacial score (nSPS) is 11.3. The minimum Gasteiger partial charge on any atom is -0.351 e. The zero-order valence-corrected chi connectivity index (χ0v) is 25.5. The molecule has 0 heterocycles. The van der Waals surface area contributed by atoms with Gasteiger partial charge in [0, 0.05) is 38.7 Å². The lowest BCUT2D eigenvalue weighted by atomic mass is 10.1. The first-order valence-electron chi connectivity index (χ1n) is 12.4. The van der Waals surface area contributed by atoms with Gasteiger partial charge < -0.3 is 5.32 Å². The van der Waals surface area contributed by atoms with E-state index in [2.05, 4.69) is 5.32 Å². The number of rotatable bonds is 11. The number of hydrogen-bond acceptors (Lipinski definition) is 4. The van der Waals surface area contributed by atoms with E-state index in [4.69, 9.17) is 34.8 Å². The predicted molar refractivity (Wildman–Crippen MR) is 167 cm³/mol. The molecule has 0 aromatic heterocycles. The largest absolute Gasteiger partial charge is 0.351 e. The molecule has 0 spiro atoms. The van der Waals surface area contributed by atoms with E-state index in [1.807, 2.05) is 13.0 Å². The summed E-state index contributed by atoms with van der Waals surface area (Å²) in [6.45, 7) is 2.39. The molecule has 0 atom stereocenters. The van der Waals surface area contributed by atoms with E-state index >= 15 is 0 Å². The average molecular weight is 634 g/mol. The van der Waals surface area contributed by atoms with Crippen LogP contribution in [0, 0.1) is 6.92 Å². The van der Waals surface area contributed by atoms with Crippen LogP contribution in [0.2, 0.25) is 15.1 Å². The van der Waals surface area contributed by atoms with Crippen molar-refractivity contribution in [1.29, 1.82) is 0 Å². The maximum atomic E-state index is 13.7. The van der Waals surface area contributed by atoms with Crippen molar-refractivity contribution in [3.63, 3.8) is 0 Å². The zero-order chi connectivity index (χ0) is 28.7. The lowest BCUT2D eigenvalue weighted by Gasteiger charge is -2.26. The summed E-state index contributed by atoms with van der Waals surface area (Å²) in [4.78, 5) is 12.9. The molecule has 0 radical (unpaired) electrons. The van der Waals surface area contributed by atoms with Gasteiger partial charge in [-0.1, -0.05) is 77.3 Å². The number of amides is 1. The summed E-state index contributed by atoms with van der Waals surface area (Å²) in [5.74, 6) is 1.14. The lowest BCUT2D eigenvalue weighted by Crippen LogP contribution is -2.31. The minimum absolute atomic E-state index is 0.0710. The molecule has 0 aliphatic carbocycles. The highest BCUT2D eigenvalue weighted by Crippen LogP contribution is 2.31. The van der Waals surface area contributed by atoms with Crippen molar-refractivity contribution in [1.82, 2.24) is 5.32 Å². The number of nitrogens with one attached hydrogen (secondary N) is 1. The van der Waals surface area contributed by atoms with Gasteiger partial charge in [0.15, 0.2) is 0 Å². The Morgan fingerprint density at radius 3 is 2.23 bits per heavy atom. The Morgan fingerprint density at radius 2 is 1.55 bits per heavy atom. The number of hydrogen-bond donors (Lipinski definition) is 1. The van der Waals surface area contributed by atoms with Crippen LogP contribution in [0.5, 0.6) is 0 Å². The summed E-state index contributed by atoms with van der Waals surface area (Å²) in [7, 11) is -3.88. The second-order valence-electron chi connectivity index (χ2n) is 8.96. The van der Waals surface area contributed by atoms with E-state index in [9.17, 15) is 13.2 Å². The summed E-state index contributed by atoms with van der Waals surface area (Å²) < 4.78 is 28.7. The zero-order valence-electron chi connectivity index (χ0n) is 21.6. The maximum Gasteiger partial charge on any atom is 0.264 e. The second-order valence-corrected chi connectivity index (χ2v) is 13.2. The number of carbonyl (C=O) groups is 1. The molecule has 0 saturated carbocycles. The summed E-state index contributed by atoms with van der Waals surface area (Å²) in [6, 6.07) is 25.8. The quantitative estimate of drug-likeness (QED) is 0.170. The SMILES string of the molecule is Cc1ccc(Cl)cc1N(Cc1ccc(C(=O)NCCSCc2c(Cl)cccc2Cl)cc1)S(=O)(=O)c1ccccc1. The van der Waals surface area contributed by atoms with Crippen molar-refractivity contribution in [2.75, 3.05) is 16.6 Å². The van der Waals surface area contributed by atoms with Crippen molar-refractivity contribution in [3.05, 3.63) is 128 Å². The van der Waals surface area contributed by atoms with Crippen LogP contribution in [-0.4, -0.2) is 26.6 Å². The van der Waals surface area contributed by atoms with Gasteiger partial charge in [0.1, 0.15) is 0 Å². The first kappa shape index (κ1) is 30.3. The molecule has 40 heavy (non-hydrogen) atoms. The number of benzene rings is 4. The van der Waals surface area contributed by atoms with Crippen molar-refractivity contribution in [2.24, 2.45) is 0 Å². The van der Waals surface area contributed by atoms with Crippen molar-refractivity contribution < 1.29 is 13.2 Å². The smallest absolute Gasteiger partial charge is 0.264 e. The Hall–Kier alpha value is -2.68. The number of thioether (sulfide) groups is 1. The van der Waals surface area contributed by atoms with Gasteiger partial charge >= 0.3 is 0 Å². The highest BCUT2D eigenvalue weighted by atomic mass is 35.5. The van der Waals surface area contributed by atoms with Crippen LogP contribution in [0.4, 0.5) is 5.69 Å². The Kier molecular flexibility index (Phi) is 10.4. The first-order valence-corrected chi connectivity index (χ1v) is 16.1. The fraction of sp³-hybridized carbons (Fsp3) is 0.167. The van der Waals surface area contributed by atoms with E-state index in [-0.39, 0.29) is 17.3 Å². The Labute approximate surface area is 254 Å². The van der Waals surface area contributed by atoms with E-state index in [0.29, 0.717) is 44.4 Å². The van der Waals surface area contributed by atoms with Crippen LogP contribution in [0.15, 0.2) is 95.9 Å². The highest BCUT2D eigenvalue weighted by Gasteiger charge is 2.26. The molecular formula is C30H27Cl3N2O3S2. The topological polar surface area (TPSA) is 66.5 Å². The molecule has 208 valence electrons. The summed E-state index contributed by atoms with van der Waals surface area (Å²) in [5, 5.41) is 4.61. The molecule has 1 N–H and O–H groups in total. The molecule has 4 aromatic carbocycles. The Morgan fingerprint density at radius 1 is 0.875 bits per heavy atom. The first-order chi connectivity index (χ1) is 19.2. The van der Waals surface area contributed by atoms with Gasteiger partial charge in [-0.2, -0.15) is 11.8 Å². The fourth-order valence-corrected chi connectivity index (χ4v) is 7.27. The average Bonchev–Trinajstić information content (AvgIpc) is 2.95. The molecular weight excluding hydrogens is 607 g/mol. The molecule has 0 fully saturated rings. The molecule has 0 aliphatic rings. The predicted octanol–water partition coefficient (Wildman–Crippen LogP) is 8.01. The van der Waals surface area contributed by atoms with E-state index in [0.717, 1.165) is 16.7 Å². The van der Waals surface area contributed by atoms with Crippen LogP contribution in [-0.2, 0) is 22.3 Å². The second kappa shape index (κ2) is 13.8. The van der Waals surface area contributed by atoms with Gasteiger partial charge in [-0.15, -0.1) is 0 Å². The summed E-state index contributed by atoms with van der Waals surface area (Å²) in [5.41, 5.74) is 3.36. The molecule has 5 nitrogen and oxygen atoms in total. The monoisotopic (exact) mass is 632 g/mol. The van der Waals surface area contributed by atoms with Crippen LogP contribution in [0.1, 0.15) is 27.0 Å². The summed E-state index contributed by atoms with van der Waals surface area (Å²) >= 11 is 20.3. The van der Waals surface area contributed by atoms with Crippen LogP contribution < -0.4 is 9.62 Å². The van der Waals surface area contributed by atoms with Gasteiger partial charge in [0.05, 0.1) is 17.1 Å². The van der Waals surface area contributed by atoms with E-state index in [1.54, 1.807) is 96.7 Å². The van der Waals surface area contributed by atoms with Crippen molar-refractivity contribution in [3.8, 4) is 0 Å². The highest BCUT2D eigenvalue weighted by molar-refractivity contribution is 7.98. The molecule has 0 aliphatic heterocycles. The van der Waals surface area contributed by atoms with Gasteiger partial charge in [-0.25, -0.2) is 8.42 Å². The van der Waals surface area contributed by atoms with Crippen LogP contribution >= 0.6 is 46.6 Å². The van der Waals surface area contributed by atoms with Gasteiger partial charge in [-0.3, -0.25) is 9.10 Å². The lowest BCUT2D eigenvalue weighted by molar-refractivity contribution is 0.0956. The third-order valence-corrected chi connectivity index (χ3v) is 9.86. The third-order valence-electron chi connectivity index (χ3n) is 6.15. The van der Waals surface area contributed by atoms with E-state index < -0.39 is 10.0 Å². The standard InChI is InChI=1S/C30H27Cl3N2O3S2/c1-21-10-15-24(31)18-29(21)35(40(37,38)25-6-3-2-4-7-25)19-22-11-13-23(14-12-22)30(36)34-16-17-39-20-26-27(32)8-5-9-28(26)33/h2-15,18H,16-17,19-20H2,1H3,(H,34,36). The number of anilines is 1. The molecule has 1 amide bonds. The molecule has 0 bridgehead atoms. The van der Waals surface area contributed by atoms with Crippen molar-refractivity contribution >= 4 is 68.2 Å². The third kappa shape index (κ3) is 7.53. The number of carbonyl (C=O) groups excluding carboxylic acids is 1. The number of halogens is 3. The minimum atomic E-state index is -3.88. The van der Waals surface area contributed by atoms with E-state index in [1.165, 1.54) is 4.31 Å². The summed E-state index contributed by atoms with van der Waals surface area (Å²) in [6.07, 6.45) is 0. The molecule has 4 rings (SSSR count). The van der Waals surface area contributed by atoms with Crippen molar-refractivity contribution in [2.45, 2.75) is 24.1 Å². The van der Waals surface area contributed by atoms with Gasteiger partial charge in [0.25, 0.3) is 15.9 Å². The van der Waals surface area contributed by atoms with Gasteiger partial charge in [-0.05, 0) is 72.1 Å². The molecule has 0 unspecified atom stereocenters. The number of sulfonamides is 1. The number of aryl methyl sites for hydroxylation is 1. The molecule has 4 aromatic rings. The Bertz CT molecular complexity index is 1560. The Balaban J connectivity index is 1.42. The van der Waals surface area contributed by atoms with Crippen LogP contribution in [0.25, 0.3) is 0 Å². The van der Waals surface area contributed by atoms with Gasteiger partial charge in [0.2, 0.25) is 0 Å².